The smallest absolute Gasteiger partial charge is 0.411 e. The van der Waals surface area contributed by atoms with Crippen LogP contribution in [0.25, 0.3) is 0 Å². The number of halogens is 6. The van der Waals surface area contributed by atoms with Gasteiger partial charge in [-0.2, -0.15) is 26.3 Å². The van der Waals surface area contributed by atoms with Crippen molar-refractivity contribution in [3.63, 3.8) is 0 Å². The van der Waals surface area contributed by atoms with Crippen LogP contribution < -0.4 is 9.47 Å². The molecule has 0 aliphatic rings. The summed E-state index contributed by atoms with van der Waals surface area (Å²) < 4.78 is 94.1. The predicted octanol–water partition coefficient (Wildman–Crippen LogP) is 5.12. The molecule has 29 heavy (non-hydrogen) atoms. The number of benzene rings is 2. The van der Waals surface area contributed by atoms with Crippen molar-refractivity contribution in [2.75, 3.05) is 13.2 Å². The number of hydrogen-bond acceptors (Lipinski definition) is 2. The molecule has 0 radical (unpaired) electrons. The van der Waals surface area contributed by atoms with E-state index in [-0.39, 0.29) is 24.7 Å². The van der Waals surface area contributed by atoms with E-state index in [4.69, 9.17) is 22.3 Å². The average Bonchev–Trinajstić information content (AvgIpc) is 2.65. The lowest BCUT2D eigenvalue weighted by Gasteiger charge is -2.38. The zero-order chi connectivity index (χ0) is 21.7. The Labute approximate surface area is 163 Å². The van der Waals surface area contributed by atoms with Crippen LogP contribution in [0.15, 0.2) is 48.5 Å². The first-order valence-corrected chi connectivity index (χ1v) is 8.05. The van der Waals surface area contributed by atoms with Crippen LogP contribution in [0, 0.1) is 24.7 Å². The van der Waals surface area contributed by atoms with E-state index in [1.54, 1.807) is 0 Å². The molecule has 2 aromatic rings. The van der Waals surface area contributed by atoms with Crippen LogP contribution in [-0.2, 0) is 5.41 Å². The monoisotopic (exact) mass is 412 g/mol. The molecule has 0 spiro atoms. The first-order valence-electron chi connectivity index (χ1n) is 8.05. The molecule has 152 valence electrons. The molecule has 2 nitrogen and oxygen atoms in total. The highest BCUT2D eigenvalue weighted by Crippen LogP contribution is 2.56. The molecule has 0 saturated heterocycles. The van der Waals surface area contributed by atoms with E-state index in [0.717, 1.165) is 48.5 Å². The summed E-state index contributed by atoms with van der Waals surface area (Å²) >= 11 is 0. The molecule has 0 amide bonds. The fourth-order valence-electron chi connectivity index (χ4n) is 2.83. The van der Waals surface area contributed by atoms with Crippen LogP contribution in [0.4, 0.5) is 26.3 Å². The number of rotatable bonds is 6. The van der Waals surface area contributed by atoms with Gasteiger partial charge in [0.1, 0.15) is 24.7 Å². The van der Waals surface area contributed by atoms with Crippen molar-refractivity contribution in [1.82, 2.24) is 0 Å². The maximum absolute atomic E-state index is 14.0. The second-order valence-corrected chi connectivity index (χ2v) is 5.78. The van der Waals surface area contributed by atoms with Gasteiger partial charge in [-0.3, -0.25) is 0 Å². The van der Waals surface area contributed by atoms with E-state index in [9.17, 15) is 26.3 Å². The molecule has 0 saturated carbocycles. The Balaban J connectivity index is 2.64. The molecular formula is C21H14F6O2. The molecule has 0 atom stereocenters. The van der Waals surface area contributed by atoms with Crippen molar-refractivity contribution in [3.8, 4) is 36.2 Å². The Bertz CT molecular complexity index is 820. The van der Waals surface area contributed by atoms with E-state index in [1.807, 2.05) is 0 Å². The molecule has 8 heteroatoms. The van der Waals surface area contributed by atoms with Gasteiger partial charge in [0.25, 0.3) is 0 Å². The minimum absolute atomic E-state index is 0.0444. The van der Waals surface area contributed by atoms with Gasteiger partial charge in [0.15, 0.2) is 0 Å². The minimum Gasteiger partial charge on any atom is -0.481 e. The Morgan fingerprint density at radius 2 is 0.931 bits per heavy atom. The predicted molar refractivity (Wildman–Crippen MR) is 94.4 cm³/mol. The first kappa shape index (κ1) is 22.0. The highest BCUT2D eigenvalue weighted by molar-refractivity contribution is 5.47. The summed E-state index contributed by atoms with van der Waals surface area (Å²) in [5.41, 5.74) is -6.28. The van der Waals surface area contributed by atoms with Gasteiger partial charge >= 0.3 is 12.4 Å². The molecule has 2 rings (SSSR count). The van der Waals surface area contributed by atoms with Gasteiger partial charge in [0.2, 0.25) is 5.41 Å². The van der Waals surface area contributed by atoms with Crippen LogP contribution >= 0.6 is 0 Å². The van der Waals surface area contributed by atoms with Crippen molar-refractivity contribution in [3.05, 3.63) is 59.7 Å². The molecule has 0 aromatic heterocycles. The molecule has 0 unspecified atom stereocenters. The van der Waals surface area contributed by atoms with E-state index in [2.05, 4.69) is 11.8 Å². The van der Waals surface area contributed by atoms with E-state index in [0.29, 0.717) is 0 Å². The lowest BCUT2D eigenvalue weighted by Crippen LogP contribution is -2.54. The molecule has 0 heterocycles. The summed E-state index contributed by atoms with van der Waals surface area (Å²) in [6.45, 7) is -0.357. The number of hydrogen-bond donors (Lipinski definition) is 0. The average molecular weight is 412 g/mol. The molecule has 0 aliphatic carbocycles. The van der Waals surface area contributed by atoms with Crippen molar-refractivity contribution in [2.24, 2.45) is 0 Å². The Morgan fingerprint density at radius 1 is 0.621 bits per heavy atom. The van der Waals surface area contributed by atoms with Gasteiger partial charge in [-0.1, -0.05) is 36.1 Å². The third kappa shape index (κ3) is 4.27. The SMILES string of the molecule is C#CCOc1ccc(C(c2ccc(OCC#C)cc2)(C(F)(F)F)C(F)(F)F)cc1. The van der Waals surface area contributed by atoms with Crippen LogP contribution in [0.2, 0.25) is 0 Å². The molecule has 0 bridgehead atoms. The normalized spacial score (nSPS) is 12.0. The van der Waals surface area contributed by atoms with Gasteiger partial charge in [-0.15, -0.1) is 12.8 Å². The summed E-state index contributed by atoms with van der Waals surface area (Å²) in [7, 11) is 0. The van der Waals surface area contributed by atoms with Crippen molar-refractivity contribution in [1.29, 1.82) is 0 Å². The lowest BCUT2D eigenvalue weighted by atomic mass is 9.73. The highest BCUT2D eigenvalue weighted by atomic mass is 19.4. The van der Waals surface area contributed by atoms with Gasteiger partial charge < -0.3 is 9.47 Å². The number of alkyl halides is 6. The quantitative estimate of drug-likeness (QED) is 0.484. The maximum Gasteiger partial charge on any atom is 0.411 e. The van der Waals surface area contributed by atoms with E-state index in [1.165, 1.54) is 0 Å². The second-order valence-electron chi connectivity index (χ2n) is 5.78. The molecule has 0 N–H and O–H groups in total. The summed E-state index contributed by atoms with van der Waals surface area (Å²) in [5, 5.41) is 0. The van der Waals surface area contributed by atoms with Crippen LogP contribution in [-0.4, -0.2) is 25.6 Å². The van der Waals surface area contributed by atoms with E-state index >= 15 is 0 Å². The largest absolute Gasteiger partial charge is 0.481 e. The molecule has 0 fully saturated rings. The van der Waals surface area contributed by atoms with Crippen molar-refractivity contribution < 1.29 is 35.8 Å². The standard InChI is InChI=1S/C21H14F6O2/c1-3-13-28-17-9-5-15(6-10-17)19(20(22,23)24,21(25,26)27)16-7-11-18(12-8-16)29-14-4-2/h1-2,5-12H,13-14H2. The van der Waals surface area contributed by atoms with Crippen molar-refractivity contribution >= 4 is 0 Å². The van der Waals surface area contributed by atoms with Gasteiger partial charge in [-0.05, 0) is 35.4 Å². The van der Waals surface area contributed by atoms with Gasteiger partial charge in [0.05, 0.1) is 0 Å². The van der Waals surface area contributed by atoms with Crippen LogP contribution in [0.5, 0.6) is 11.5 Å². The Kier molecular flexibility index (Phi) is 6.38. The molecule has 0 aliphatic heterocycles. The minimum atomic E-state index is -5.69. The van der Waals surface area contributed by atoms with Crippen LogP contribution in [0.1, 0.15) is 11.1 Å². The van der Waals surface area contributed by atoms with Gasteiger partial charge in [0, 0.05) is 0 Å². The van der Waals surface area contributed by atoms with Gasteiger partial charge in [-0.25, -0.2) is 0 Å². The summed E-state index contributed by atoms with van der Waals surface area (Å²) in [5.74, 6) is 4.39. The third-order valence-corrected chi connectivity index (χ3v) is 4.07. The maximum atomic E-state index is 14.0. The van der Waals surface area contributed by atoms with E-state index < -0.39 is 28.9 Å². The first-order chi connectivity index (χ1) is 13.6. The molecule has 2 aromatic carbocycles. The zero-order valence-corrected chi connectivity index (χ0v) is 14.8. The zero-order valence-electron chi connectivity index (χ0n) is 14.8. The molecular weight excluding hydrogens is 398 g/mol. The number of terminal acetylenes is 2. The van der Waals surface area contributed by atoms with Crippen LogP contribution in [0.3, 0.4) is 0 Å². The summed E-state index contributed by atoms with van der Waals surface area (Å²) in [6, 6.07) is 6.88. The summed E-state index contributed by atoms with van der Waals surface area (Å²) in [6.07, 6.45) is -1.34. The lowest BCUT2D eigenvalue weighted by molar-refractivity contribution is -0.288. The third-order valence-electron chi connectivity index (χ3n) is 4.07. The summed E-state index contributed by atoms with van der Waals surface area (Å²) in [4.78, 5) is 0. The Morgan fingerprint density at radius 3 is 1.17 bits per heavy atom. The Hall–Kier alpha value is -3.26. The van der Waals surface area contributed by atoms with Crippen molar-refractivity contribution in [2.45, 2.75) is 17.8 Å². The highest BCUT2D eigenvalue weighted by Gasteiger charge is 2.72. The second kappa shape index (κ2) is 8.40. The number of ether oxygens (including phenoxy) is 2. The fraction of sp³-hybridized carbons (Fsp3) is 0.238. The fourth-order valence-corrected chi connectivity index (χ4v) is 2.83. The topological polar surface area (TPSA) is 18.5 Å².